The zero-order valence-electron chi connectivity index (χ0n) is 23.5. The SMILES string of the molecule is O=C(c1ccc(S(=O)(=O)Nc2ccccc2Oc2ccc(Cl)cc2Cl)cc1)N1CCCN(CCCN2CCCC2)CC1. The van der Waals surface area contributed by atoms with Crippen molar-refractivity contribution in [3.05, 3.63) is 82.3 Å². The van der Waals surface area contributed by atoms with Gasteiger partial charge in [-0.1, -0.05) is 35.3 Å². The number of halogens is 2. The van der Waals surface area contributed by atoms with Gasteiger partial charge in [-0.15, -0.1) is 0 Å². The summed E-state index contributed by atoms with van der Waals surface area (Å²) in [5.41, 5.74) is 0.718. The van der Waals surface area contributed by atoms with Crippen LogP contribution in [0.1, 0.15) is 36.0 Å². The second-order valence-corrected chi connectivity index (χ2v) is 13.2. The summed E-state index contributed by atoms with van der Waals surface area (Å²) in [4.78, 5) is 20.2. The minimum Gasteiger partial charge on any atom is -0.454 e. The van der Waals surface area contributed by atoms with E-state index < -0.39 is 10.0 Å². The third-order valence-corrected chi connectivity index (χ3v) is 9.59. The first-order valence-corrected chi connectivity index (χ1v) is 16.6. The van der Waals surface area contributed by atoms with E-state index in [0.29, 0.717) is 34.4 Å². The van der Waals surface area contributed by atoms with Crippen molar-refractivity contribution >= 4 is 44.8 Å². The molecule has 0 atom stereocenters. The van der Waals surface area contributed by atoms with Gasteiger partial charge in [0.05, 0.1) is 15.6 Å². The van der Waals surface area contributed by atoms with Crippen LogP contribution in [0.15, 0.2) is 71.6 Å². The van der Waals surface area contributed by atoms with Crippen LogP contribution < -0.4 is 9.46 Å². The molecule has 0 spiro atoms. The highest BCUT2D eigenvalue weighted by atomic mass is 35.5. The Balaban J connectivity index is 1.18. The summed E-state index contributed by atoms with van der Waals surface area (Å²) < 4.78 is 34.9. The number of carbonyl (C=O) groups excluding carboxylic acids is 1. The van der Waals surface area contributed by atoms with Crippen LogP contribution in [0.5, 0.6) is 11.5 Å². The average Bonchev–Trinajstić information content (AvgIpc) is 3.39. The van der Waals surface area contributed by atoms with Crippen molar-refractivity contribution in [3.63, 3.8) is 0 Å². The number of sulfonamides is 1. The van der Waals surface area contributed by atoms with Gasteiger partial charge < -0.3 is 19.4 Å². The molecule has 2 saturated heterocycles. The molecule has 1 N–H and O–H groups in total. The first-order chi connectivity index (χ1) is 20.3. The smallest absolute Gasteiger partial charge is 0.262 e. The van der Waals surface area contributed by atoms with E-state index in [4.69, 9.17) is 27.9 Å². The van der Waals surface area contributed by atoms with Crippen LogP contribution in [0.25, 0.3) is 0 Å². The Hall–Kier alpha value is -2.82. The minimum atomic E-state index is -3.96. The molecular weight excluding hydrogens is 595 g/mol. The Bertz CT molecular complexity index is 1480. The zero-order valence-corrected chi connectivity index (χ0v) is 25.8. The van der Waals surface area contributed by atoms with Gasteiger partial charge in [0.25, 0.3) is 15.9 Å². The standard InChI is InChI=1S/C31H36Cl2N4O4S/c32-25-11-14-29(27(33)23-25)41-30-8-2-1-7-28(30)34-42(39,40)26-12-9-24(10-13-26)31(38)37-20-6-19-36(21-22-37)18-5-17-35-15-3-4-16-35/h1-2,7-14,23,34H,3-6,15-22H2. The van der Waals surface area contributed by atoms with Gasteiger partial charge in [0.2, 0.25) is 0 Å². The molecule has 0 radical (unpaired) electrons. The van der Waals surface area contributed by atoms with Gasteiger partial charge in [0.15, 0.2) is 5.75 Å². The molecule has 0 saturated carbocycles. The Morgan fingerprint density at radius 2 is 1.48 bits per heavy atom. The molecule has 0 unspecified atom stereocenters. The summed E-state index contributed by atoms with van der Waals surface area (Å²) in [6, 6.07) is 17.5. The minimum absolute atomic E-state index is 0.0402. The fraction of sp³-hybridized carbons (Fsp3) is 0.387. The Labute approximate surface area is 258 Å². The number of nitrogens with one attached hydrogen (secondary N) is 1. The molecule has 3 aromatic rings. The van der Waals surface area contributed by atoms with E-state index in [0.717, 1.165) is 39.0 Å². The first kappa shape index (κ1) is 30.6. The topological polar surface area (TPSA) is 82.2 Å². The van der Waals surface area contributed by atoms with Gasteiger partial charge in [0.1, 0.15) is 5.75 Å². The quantitative estimate of drug-likeness (QED) is 0.286. The lowest BCUT2D eigenvalue weighted by Gasteiger charge is -2.23. The van der Waals surface area contributed by atoms with Crippen molar-refractivity contribution in [1.29, 1.82) is 0 Å². The Kier molecular flexibility index (Phi) is 10.3. The van der Waals surface area contributed by atoms with Gasteiger partial charge in [0, 0.05) is 30.2 Å². The number of likely N-dealkylation sites (tertiary alicyclic amines) is 1. The van der Waals surface area contributed by atoms with Gasteiger partial charge in [-0.3, -0.25) is 9.52 Å². The molecule has 2 aliphatic rings. The molecule has 3 aromatic carbocycles. The summed E-state index contributed by atoms with van der Waals surface area (Å²) in [7, 11) is -3.96. The number of ether oxygens (including phenoxy) is 1. The first-order valence-electron chi connectivity index (χ1n) is 14.4. The molecule has 2 heterocycles. The van der Waals surface area contributed by atoms with Gasteiger partial charge >= 0.3 is 0 Å². The maximum Gasteiger partial charge on any atom is 0.262 e. The van der Waals surface area contributed by atoms with Crippen LogP contribution in [0.2, 0.25) is 10.0 Å². The number of carbonyl (C=O) groups is 1. The number of amides is 1. The molecular formula is C31H36Cl2N4O4S. The lowest BCUT2D eigenvalue weighted by atomic mass is 10.2. The number of para-hydroxylation sites is 2. The van der Waals surface area contributed by atoms with Crippen LogP contribution in [0, 0.1) is 0 Å². The molecule has 5 rings (SSSR count). The predicted molar refractivity (Wildman–Crippen MR) is 167 cm³/mol. The zero-order chi connectivity index (χ0) is 29.5. The summed E-state index contributed by atoms with van der Waals surface area (Å²) >= 11 is 12.2. The molecule has 0 aliphatic carbocycles. The van der Waals surface area contributed by atoms with Crippen molar-refractivity contribution in [2.45, 2.75) is 30.6 Å². The van der Waals surface area contributed by atoms with Crippen molar-refractivity contribution in [3.8, 4) is 11.5 Å². The molecule has 0 aromatic heterocycles. The molecule has 11 heteroatoms. The largest absolute Gasteiger partial charge is 0.454 e. The Morgan fingerprint density at radius 3 is 2.21 bits per heavy atom. The van der Waals surface area contributed by atoms with E-state index >= 15 is 0 Å². The summed E-state index contributed by atoms with van der Waals surface area (Å²) in [6.07, 6.45) is 4.71. The van der Waals surface area contributed by atoms with Gasteiger partial charge in [-0.25, -0.2) is 8.42 Å². The van der Waals surface area contributed by atoms with Crippen LogP contribution in [-0.4, -0.2) is 81.4 Å². The monoisotopic (exact) mass is 630 g/mol. The van der Waals surface area contributed by atoms with E-state index in [1.807, 2.05) is 4.90 Å². The van der Waals surface area contributed by atoms with E-state index in [-0.39, 0.29) is 22.2 Å². The second-order valence-electron chi connectivity index (χ2n) is 10.7. The lowest BCUT2D eigenvalue weighted by Crippen LogP contribution is -2.36. The molecule has 8 nitrogen and oxygen atoms in total. The predicted octanol–water partition coefficient (Wildman–Crippen LogP) is 6.22. The molecule has 224 valence electrons. The van der Waals surface area contributed by atoms with Crippen LogP contribution in [0.3, 0.4) is 0 Å². The fourth-order valence-electron chi connectivity index (χ4n) is 5.40. The molecule has 2 fully saturated rings. The highest BCUT2D eigenvalue weighted by molar-refractivity contribution is 7.92. The molecule has 2 aliphatic heterocycles. The van der Waals surface area contributed by atoms with Crippen molar-refractivity contribution in [1.82, 2.24) is 14.7 Å². The van der Waals surface area contributed by atoms with E-state index in [1.165, 1.54) is 38.1 Å². The summed E-state index contributed by atoms with van der Waals surface area (Å²) in [5, 5.41) is 0.763. The fourth-order valence-corrected chi connectivity index (χ4v) is 6.92. The third-order valence-electron chi connectivity index (χ3n) is 7.68. The number of hydrogen-bond acceptors (Lipinski definition) is 6. The molecule has 42 heavy (non-hydrogen) atoms. The van der Waals surface area contributed by atoms with Gasteiger partial charge in [-0.2, -0.15) is 0 Å². The van der Waals surface area contributed by atoms with E-state index in [1.54, 1.807) is 54.6 Å². The van der Waals surface area contributed by atoms with Crippen LogP contribution in [-0.2, 0) is 10.0 Å². The van der Waals surface area contributed by atoms with Crippen molar-refractivity contribution in [2.75, 3.05) is 57.1 Å². The number of anilines is 1. The van der Waals surface area contributed by atoms with Gasteiger partial charge in [-0.05, 0) is 113 Å². The van der Waals surface area contributed by atoms with E-state index in [9.17, 15) is 13.2 Å². The summed E-state index contributed by atoms with van der Waals surface area (Å²) in [5.74, 6) is 0.544. The highest BCUT2D eigenvalue weighted by Gasteiger charge is 2.22. The van der Waals surface area contributed by atoms with E-state index in [2.05, 4.69) is 14.5 Å². The van der Waals surface area contributed by atoms with Crippen LogP contribution >= 0.6 is 23.2 Å². The highest BCUT2D eigenvalue weighted by Crippen LogP contribution is 2.35. The molecule has 0 bridgehead atoms. The molecule has 1 amide bonds. The maximum absolute atomic E-state index is 13.3. The number of benzene rings is 3. The van der Waals surface area contributed by atoms with Crippen LogP contribution in [0.4, 0.5) is 5.69 Å². The van der Waals surface area contributed by atoms with Crippen molar-refractivity contribution < 1.29 is 17.9 Å². The lowest BCUT2D eigenvalue weighted by molar-refractivity contribution is 0.0761. The average molecular weight is 632 g/mol. The normalized spacial score (nSPS) is 16.8. The van der Waals surface area contributed by atoms with Crippen molar-refractivity contribution in [2.24, 2.45) is 0 Å². The Morgan fingerprint density at radius 1 is 0.786 bits per heavy atom. The number of nitrogens with zero attached hydrogens (tertiary/aromatic N) is 3. The second kappa shape index (κ2) is 14.1. The maximum atomic E-state index is 13.3. The third kappa shape index (κ3) is 7.96. The number of hydrogen-bond donors (Lipinski definition) is 1. The summed E-state index contributed by atoms with van der Waals surface area (Å²) in [6.45, 7) is 7.85. The number of rotatable bonds is 10.